The molecule has 0 spiro atoms. The van der Waals surface area contributed by atoms with E-state index in [1.165, 1.54) is 0 Å². The summed E-state index contributed by atoms with van der Waals surface area (Å²) >= 11 is 0. The maximum absolute atomic E-state index is 7.17. The number of hydrogen-bond acceptors (Lipinski definition) is 3. The van der Waals surface area contributed by atoms with E-state index in [2.05, 4.69) is 0 Å². The first-order valence-corrected chi connectivity index (χ1v) is 0.775. The quantitative estimate of drug-likeness (QED) is 0.409. The summed E-state index contributed by atoms with van der Waals surface area (Å²) in [6.07, 6.45) is 0. The van der Waals surface area contributed by atoms with Gasteiger partial charge < -0.3 is 17.9 Å². The van der Waals surface area contributed by atoms with Crippen molar-refractivity contribution >= 4 is 71.3 Å². The van der Waals surface area contributed by atoms with Gasteiger partial charge in [0, 0.05) is 0 Å². The van der Waals surface area contributed by atoms with Crippen molar-refractivity contribution in [3.63, 3.8) is 0 Å². The second kappa shape index (κ2) is 10.1. The van der Waals surface area contributed by atoms with Crippen LogP contribution in [-0.4, -0.2) is 86.3 Å². The molecule has 0 aromatic heterocycles. The molecule has 0 saturated heterocycles. The Morgan fingerprint density at radius 3 is 1.17 bits per heavy atom. The van der Waals surface area contributed by atoms with Crippen molar-refractivity contribution in [3.8, 4) is 0 Å². The smallest absolute Gasteiger partial charge is 1.00 e. The van der Waals surface area contributed by atoms with Gasteiger partial charge in [0.2, 0.25) is 0 Å². The summed E-state index contributed by atoms with van der Waals surface area (Å²) in [6.45, 7) is 0. The first-order chi connectivity index (χ1) is 1.73. The maximum atomic E-state index is 7.17. The molecule has 0 rings (SSSR count). The normalized spacial score (nSPS) is 4.50. The maximum Gasteiger partial charge on any atom is 2.00 e. The third-order valence-electron chi connectivity index (χ3n) is 0. The van der Waals surface area contributed by atoms with Crippen LogP contribution in [0.15, 0.2) is 0 Å². The van der Waals surface area contributed by atoms with E-state index in [1.807, 2.05) is 0 Å². The molecule has 0 aromatic carbocycles. The van der Waals surface area contributed by atoms with Crippen LogP contribution in [0.25, 0.3) is 0 Å². The van der Waals surface area contributed by atoms with Crippen molar-refractivity contribution < 1.29 is 17.9 Å². The predicted octanol–water partition coefficient (Wildman–Crippen LogP) is -3.39. The van der Waals surface area contributed by atoms with Gasteiger partial charge in [0.1, 0.15) is 0 Å². The molecule has 6 heteroatoms. The van der Waals surface area contributed by atoms with Crippen LogP contribution < -0.4 is 0 Å². The van der Waals surface area contributed by atoms with Gasteiger partial charge in [-0.25, -0.2) is 0 Å². The van der Waals surface area contributed by atoms with Crippen LogP contribution in [0.5, 0.6) is 0 Å². The van der Waals surface area contributed by atoms with Gasteiger partial charge in [0.15, 0.2) is 0 Å². The van der Waals surface area contributed by atoms with Crippen molar-refractivity contribution in [3.05, 3.63) is 0 Å². The number of hydrogen-bond donors (Lipinski definition) is 3. The molecule has 0 fully saturated rings. The van der Waals surface area contributed by atoms with Crippen molar-refractivity contribution in [2.75, 3.05) is 0 Å². The van der Waals surface area contributed by atoms with E-state index in [0.29, 0.717) is 0 Å². The van der Waals surface area contributed by atoms with E-state index in [0.717, 1.165) is 0 Å². The van der Waals surface area contributed by atoms with Gasteiger partial charge in [-0.05, 0) is 0 Å². The minimum absolute atomic E-state index is 0. The Hall–Kier alpha value is 2.09. The van der Waals surface area contributed by atoms with Crippen molar-refractivity contribution in [1.82, 2.24) is 0 Å². The van der Waals surface area contributed by atoms with Gasteiger partial charge in [-0.2, -0.15) is 0 Å². The zero-order chi connectivity index (χ0) is 3.58. The van der Waals surface area contributed by atoms with Crippen molar-refractivity contribution in [2.45, 2.75) is 0 Å². The number of rotatable bonds is 0. The molecule has 3 N–H and O–H groups in total. The molecular formula is H8BBiCaO3. The molecule has 3 nitrogen and oxygen atoms in total. The largest absolute Gasteiger partial charge is 2.00 e. The molecular weight excluding hydrogens is 308 g/mol. The summed E-state index contributed by atoms with van der Waals surface area (Å²) in [5.74, 6) is 0. The summed E-state index contributed by atoms with van der Waals surface area (Å²) in [4.78, 5) is 0. The molecule has 36 valence electrons. The fourth-order valence-corrected chi connectivity index (χ4v) is 0. The van der Waals surface area contributed by atoms with E-state index in [4.69, 9.17) is 15.1 Å². The molecule has 0 unspecified atom stereocenters. The minimum Gasteiger partial charge on any atom is -1.00 e. The van der Waals surface area contributed by atoms with Crippen LogP contribution >= 0.6 is 0 Å². The monoisotopic (exact) mass is 316 g/mol. The Morgan fingerprint density at radius 2 is 1.17 bits per heavy atom. The Kier molecular flexibility index (Phi) is 26.5. The van der Waals surface area contributed by atoms with E-state index in [1.54, 1.807) is 0 Å². The first kappa shape index (κ1) is 15.7. The van der Waals surface area contributed by atoms with Gasteiger partial charge in [0.05, 0.1) is 0 Å². The minimum atomic E-state index is -2.17. The molecule has 0 atom stereocenters. The van der Waals surface area contributed by atoms with Gasteiger partial charge >= 0.3 is 71.3 Å². The van der Waals surface area contributed by atoms with Gasteiger partial charge in [-0.3, -0.25) is 0 Å². The predicted molar refractivity (Wildman–Crippen MR) is 30.3 cm³/mol. The molecule has 6 heavy (non-hydrogen) atoms. The van der Waals surface area contributed by atoms with E-state index in [9.17, 15) is 0 Å². The summed E-state index contributed by atoms with van der Waals surface area (Å²) in [6, 6.07) is 0. The third kappa shape index (κ3) is 36.2. The van der Waals surface area contributed by atoms with Crippen LogP contribution in [0.2, 0.25) is 0 Å². The van der Waals surface area contributed by atoms with Gasteiger partial charge in [0.25, 0.3) is 0 Å². The average Bonchev–Trinajstić information content (AvgIpc) is 0.811. The summed E-state index contributed by atoms with van der Waals surface area (Å²) in [7, 11) is -2.17. The average molecular weight is 316 g/mol. The van der Waals surface area contributed by atoms with Crippen LogP contribution in [0, 0.1) is 0 Å². The molecule has 0 aromatic rings. The summed E-state index contributed by atoms with van der Waals surface area (Å²) < 4.78 is 0. The van der Waals surface area contributed by atoms with Gasteiger partial charge in [-0.15, -0.1) is 0 Å². The summed E-state index contributed by atoms with van der Waals surface area (Å²) in [5, 5.41) is 21.5. The van der Waals surface area contributed by atoms with E-state index >= 15 is 0 Å². The SMILES string of the molecule is OB(O)O.[BiH3].[Ca+2].[H-].[H-]. The Balaban J connectivity index is -0.00000000750. The molecule has 0 bridgehead atoms. The zero-order valence-electron chi connectivity index (χ0n) is 5.33. The van der Waals surface area contributed by atoms with E-state index < -0.39 is 7.32 Å². The summed E-state index contributed by atoms with van der Waals surface area (Å²) in [5.41, 5.74) is 0. The Morgan fingerprint density at radius 1 is 1.17 bits per heavy atom. The Labute approximate surface area is 88.0 Å². The van der Waals surface area contributed by atoms with Crippen molar-refractivity contribution in [1.29, 1.82) is 0 Å². The molecule has 0 aliphatic carbocycles. The topological polar surface area (TPSA) is 60.7 Å². The zero-order valence-corrected chi connectivity index (χ0v) is 11.0. The molecule has 0 aliphatic heterocycles. The van der Waals surface area contributed by atoms with Crippen LogP contribution in [0.4, 0.5) is 0 Å². The Bertz CT molecular complexity index is 22.0. The fourth-order valence-electron chi connectivity index (χ4n) is 0. The van der Waals surface area contributed by atoms with Gasteiger partial charge in [-0.1, -0.05) is 0 Å². The van der Waals surface area contributed by atoms with Crippen LogP contribution in [0.3, 0.4) is 0 Å². The molecule has 0 radical (unpaired) electrons. The van der Waals surface area contributed by atoms with Crippen LogP contribution in [0.1, 0.15) is 2.85 Å². The van der Waals surface area contributed by atoms with Crippen molar-refractivity contribution in [2.24, 2.45) is 0 Å². The second-order valence-electron chi connectivity index (χ2n) is 0.346. The molecule has 0 heterocycles. The van der Waals surface area contributed by atoms with E-state index in [-0.39, 0.29) is 66.8 Å². The second-order valence-corrected chi connectivity index (χ2v) is 0.346. The fraction of sp³-hybridized carbons (Fsp3) is 0. The standard InChI is InChI=1S/BH3O3.Bi.Ca.5H/c2-1(3)4;;;;;;;/h2-4H;;;;;;;/q;;+2;;;;2*-1. The molecule has 0 amide bonds. The first-order valence-electron chi connectivity index (χ1n) is 0.775. The third-order valence-corrected chi connectivity index (χ3v) is 0. The molecule has 0 aliphatic rings. The van der Waals surface area contributed by atoms with Crippen LogP contribution in [-0.2, 0) is 0 Å². The molecule has 0 saturated carbocycles.